The highest BCUT2D eigenvalue weighted by Crippen LogP contribution is 2.26. The second-order valence-corrected chi connectivity index (χ2v) is 6.62. The Morgan fingerprint density at radius 1 is 1.14 bits per heavy atom. The number of benzene rings is 2. The van der Waals surface area contributed by atoms with Crippen LogP contribution in [-0.2, 0) is 13.1 Å². The maximum Gasteiger partial charge on any atom is 0.414 e. The summed E-state index contributed by atoms with van der Waals surface area (Å²) in [5, 5.41) is 10.9. The first kappa shape index (κ1) is 18.1. The van der Waals surface area contributed by atoms with Gasteiger partial charge in [-0.1, -0.05) is 36.4 Å². The van der Waals surface area contributed by atoms with E-state index in [-0.39, 0.29) is 17.6 Å². The molecule has 0 unspecified atom stereocenters. The van der Waals surface area contributed by atoms with Crippen molar-refractivity contribution in [2.75, 3.05) is 19.7 Å². The monoisotopic (exact) mass is 382 g/mol. The van der Waals surface area contributed by atoms with Crippen molar-refractivity contribution in [3.63, 3.8) is 0 Å². The minimum Gasteiger partial charge on any atom is -0.444 e. The van der Waals surface area contributed by atoms with Crippen LogP contribution < -0.4 is 4.74 Å². The van der Waals surface area contributed by atoms with Gasteiger partial charge in [0, 0.05) is 31.2 Å². The molecule has 0 bridgehead atoms. The van der Waals surface area contributed by atoms with Gasteiger partial charge in [-0.25, -0.2) is 4.39 Å². The lowest BCUT2D eigenvalue weighted by Gasteiger charge is -2.25. The highest BCUT2D eigenvalue weighted by atomic mass is 19.1. The van der Waals surface area contributed by atoms with E-state index < -0.39 is 4.92 Å². The summed E-state index contributed by atoms with van der Waals surface area (Å²) < 4.78 is 20.9. The standard InChI is InChI=1S/C20H19FN4O3/c21-17-6-3-5-15(12-17)18-7-2-1-4-16(18)13-23-8-9-24-14-19(25(26)27)22-20(24)28-11-10-23/h1-7,12,14H,8-11,13H2. The van der Waals surface area contributed by atoms with Gasteiger partial charge in [0.05, 0.1) is 0 Å². The van der Waals surface area contributed by atoms with Crippen LogP contribution in [0.15, 0.2) is 54.7 Å². The van der Waals surface area contributed by atoms with E-state index in [9.17, 15) is 14.5 Å². The molecular formula is C20H19FN4O3. The summed E-state index contributed by atoms with van der Waals surface area (Å²) in [7, 11) is 0. The largest absolute Gasteiger partial charge is 0.444 e. The van der Waals surface area contributed by atoms with Gasteiger partial charge in [0.1, 0.15) is 18.6 Å². The van der Waals surface area contributed by atoms with Crippen LogP contribution in [0.5, 0.6) is 6.01 Å². The van der Waals surface area contributed by atoms with Crippen molar-refractivity contribution >= 4 is 5.82 Å². The Bertz CT molecular complexity index is 1000. The van der Waals surface area contributed by atoms with Gasteiger partial charge in [-0.05, 0) is 33.7 Å². The zero-order chi connectivity index (χ0) is 19.5. The van der Waals surface area contributed by atoms with Gasteiger partial charge in [-0.15, -0.1) is 0 Å². The number of rotatable bonds is 4. The molecule has 4 rings (SSSR count). The Balaban J connectivity index is 1.53. The zero-order valence-electron chi connectivity index (χ0n) is 15.1. The smallest absolute Gasteiger partial charge is 0.414 e. The molecule has 0 aliphatic carbocycles. The van der Waals surface area contributed by atoms with Crippen LogP contribution in [-0.4, -0.2) is 39.1 Å². The molecule has 3 aromatic rings. The SMILES string of the molecule is O=[N+]([O-])c1cn2c(n1)OCCN(Cc1ccccc1-c1cccc(F)c1)CC2. The van der Waals surface area contributed by atoms with Gasteiger partial charge in [0.25, 0.3) is 0 Å². The minimum absolute atomic E-state index is 0.208. The number of nitro groups is 1. The molecule has 0 N–H and O–H groups in total. The summed E-state index contributed by atoms with van der Waals surface area (Å²) in [5.41, 5.74) is 2.92. The van der Waals surface area contributed by atoms with Crippen LogP contribution in [0.2, 0.25) is 0 Å². The molecule has 8 heteroatoms. The van der Waals surface area contributed by atoms with Gasteiger partial charge in [-0.3, -0.25) is 9.47 Å². The summed E-state index contributed by atoms with van der Waals surface area (Å²) in [5.74, 6) is -0.471. The van der Waals surface area contributed by atoms with E-state index in [0.717, 1.165) is 16.7 Å². The van der Waals surface area contributed by atoms with E-state index in [2.05, 4.69) is 9.88 Å². The Kier molecular flexibility index (Phi) is 5.03. The number of fused-ring (bicyclic) bond motifs is 1. The number of ether oxygens (including phenoxy) is 1. The van der Waals surface area contributed by atoms with Crippen molar-refractivity contribution in [3.8, 4) is 17.1 Å². The first-order chi connectivity index (χ1) is 13.6. The molecule has 0 spiro atoms. The summed E-state index contributed by atoms with van der Waals surface area (Å²) >= 11 is 0. The minimum atomic E-state index is -0.520. The number of aromatic nitrogens is 2. The molecule has 2 aromatic carbocycles. The van der Waals surface area contributed by atoms with Gasteiger partial charge in [0.15, 0.2) is 0 Å². The van der Waals surface area contributed by atoms with E-state index in [1.807, 2.05) is 30.3 Å². The van der Waals surface area contributed by atoms with Gasteiger partial charge in [-0.2, -0.15) is 0 Å². The number of hydrogen-bond acceptors (Lipinski definition) is 5. The molecule has 0 radical (unpaired) electrons. The quantitative estimate of drug-likeness (QED) is 0.510. The Morgan fingerprint density at radius 3 is 2.82 bits per heavy atom. The molecule has 28 heavy (non-hydrogen) atoms. The Hall–Kier alpha value is -3.26. The number of nitrogens with zero attached hydrogens (tertiary/aromatic N) is 4. The topological polar surface area (TPSA) is 73.4 Å². The lowest BCUT2D eigenvalue weighted by molar-refractivity contribution is -0.389. The fourth-order valence-corrected chi connectivity index (χ4v) is 3.37. The predicted molar refractivity (Wildman–Crippen MR) is 101 cm³/mol. The van der Waals surface area contributed by atoms with Crippen molar-refractivity contribution in [1.29, 1.82) is 0 Å². The van der Waals surface area contributed by atoms with E-state index >= 15 is 0 Å². The molecular weight excluding hydrogens is 363 g/mol. The van der Waals surface area contributed by atoms with Crippen LogP contribution in [0.1, 0.15) is 5.56 Å². The Labute approximate surface area is 161 Å². The highest BCUT2D eigenvalue weighted by Gasteiger charge is 2.23. The molecule has 2 heterocycles. The average Bonchev–Trinajstić information content (AvgIpc) is 3.07. The van der Waals surface area contributed by atoms with Crippen LogP contribution in [0.4, 0.5) is 10.2 Å². The summed E-state index contributed by atoms with van der Waals surface area (Å²) in [6.07, 6.45) is 1.40. The van der Waals surface area contributed by atoms with E-state index in [0.29, 0.717) is 32.8 Å². The second-order valence-electron chi connectivity index (χ2n) is 6.62. The average molecular weight is 382 g/mol. The molecule has 0 amide bonds. The number of imidazole rings is 1. The lowest BCUT2D eigenvalue weighted by Crippen LogP contribution is -2.33. The number of hydrogen-bond donors (Lipinski definition) is 0. The van der Waals surface area contributed by atoms with Crippen molar-refractivity contribution in [3.05, 3.63) is 76.2 Å². The molecule has 0 saturated heterocycles. The third kappa shape index (κ3) is 3.86. The van der Waals surface area contributed by atoms with E-state index in [1.165, 1.54) is 18.3 Å². The predicted octanol–water partition coefficient (Wildman–Crippen LogP) is 3.49. The summed E-state index contributed by atoms with van der Waals surface area (Å²) in [6, 6.07) is 14.8. The molecule has 144 valence electrons. The molecule has 0 saturated carbocycles. The first-order valence-corrected chi connectivity index (χ1v) is 9.01. The van der Waals surface area contributed by atoms with Gasteiger partial charge < -0.3 is 14.9 Å². The van der Waals surface area contributed by atoms with Crippen LogP contribution in [0, 0.1) is 15.9 Å². The summed E-state index contributed by atoms with van der Waals surface area (Å²) in [4.78, 5) is 16.5. The molecule has 1 aliphatic heterocycles. The van der Waals surface area contributed by atoms with E-state index in [4.69, 9.17) is 4.74 Å². The normalized spacial score (nSPS) is 14.6. The van der Waals surface area contributed by atoms with Crippen LogP contribution in [0.3, 0.4) is 0 Å². The second kappa shape index (κ2) is 7.77. The first-order valence-electron chi connectivity index (χ1n) is 9.01. The van der Waals surface area contributed by atoms with Crippen LogP contribution in [0.25, 0.3) is 11.1 Å². The Morgan fingerprint density at radius 2 is 2.00 bits per heavy atom. The van der Waals surface area contributed by atoms with Gasteiger partial charge >= 0.3 is 11.8 Å². The fraction of sp³-hybridized carbons (Fsp3) is 0.250. The molecule has 0 fully saturated rings. The van der Waals surface area contributed by atoms with Crippen LogP contribution >= 0.6 is 0 Å². The van der Waals surface area contributed by atoms with Gasteiger partial charge in [0.2, 0.25) is 0 Å². The van der Waals surface area contributed by atoms with Crippen molar-refractivity contribution in [2.24, 2.45) is 0 Å². The van der Waals surface area contributed by atoms with E-state index in [1.54, 1.807) is 10.6 Å². The summed E-state index contributed by atoms with van der Waals surface area (Å²) in [6.45, 7) is 2.95. The zero-order valence-corrected chi connectivity index (χ0v) is 15.1. The van der Waals surface area contributed by atoms with Crippen molar-refractivity contribution in [1.82, 2.24) is 14.5 Å². The lowest BCUT2D eigenvalue weighted by atomic mass is 9.99. The maximum absolute atomic E-state index is 13.7. The maximum atomic E-state index is 13.7. The van der Waals surface area contributed by atoms with Crippen molar-refractivity contribution in [2.45, 2.75) is 13.1 Å². The third-order valence-electron chi connectivity index (χ3n) is 4.76. The van der Waals surface area contributed by atoms with Crippen molar-refractivity contribution < 1.29 is 14.1 Å². The molecule has 7 nitrogen and oxygen atoms in total. The molecule has 1 aromatic heterocycles. The molecule has 0 atom stereocenters. The fourth-order valence-electron chi connectivity index (χ4n) is 3.37. The molecule has 1 aliphatic rings. The third-order valence-corrected chi connectivity index (χ3v) is 4.76. The highest BCUT2D eigenvalue weighted by molar-refractivity contribution is 5.67. The number of halogens is 1.